The van der Waals surface area contributed by atoms with Crippen LogP contribution in [0.4, 0.5) is 9.39 Å². The normalized spacial score (nSPS) is 12.7. The molecule has 0 saturated carbocycles. The number of fused-ring (bicyclic) bond motifs is 1. The molecule has 1 N–H and O–H groups in total. The highest BCUT2D eigenvalue weighted by molar-refractivity contribution is 7.17. The van der Waals surface area contributed by atoms with E-state index in [0.29, 0.717) is 16.0 Å². The molecule has 0 fully saturated rings. The third-order valence-electron chi connectivity index (χ3n) is 5.04. The predicted octanol–water partition coefficient (Wildman–Crippen LogP) is 3.88. The number of hydrogen-bond acceptors (Lipinski definition) is 6. The highest BCUT2D eigenvalue weighted by Crippen LogP contribution is 2.40. The summed E-state index contributed by atoms with van der Waals surface area (Å²) in [5.74, 6) is -2.84. The van der Waals surface area contributed by atoms with Crippen LogP contribution >= 0.6 is 11.3 Å². The number of amides is 3. The molecule has 1 aliphatic rings. The van der Waals surface area contributed by atoms with Gasteiger partial charge in [0.25, 0.3) is 11.8 Å². The van der Waals surface area contributed by atoms with Gasteiger partial charge in [-0.1, -0.05) is 24.3 Å². The number of nitrogens with one attached hydrogen (secondary N) is 1. The van der Waals surface area contributed by atoms with E-state index in [9.17, 15) is 23.6 Å². The van der Waals surface area contributed by atoms with Crippen molar-refractivity contribution in [3.05, 3.63) is 75.9 Å². The van der Waals surface area contributed by atoms with Crippen LogP contribution in [0.15, 0.2) is 48.5 Å². The van der Waals surface area contributed by atoms with Gasteiger partial charge < -0.3 is 10.1 Å². The quantitative estimate of drug-likeness (QED) is 0.468. The summed E-state index contributed by atoms with van der Waals surface area (Å²) in [7, 11) is 1.22. The molecule has 7 nitrogen and oxygen atoms in total. The second kappa shape index (κ2) is 8.35. The first-order valence-corrected chi connectivity index (χ1v) is 10.4. The Morgan fingerprint density at radius 2 is 1.62 bits per heavy atom. The lowest BCUT2D eigenvalue weighted by atomic mass is 10.0. The molecule has 3 aromatic rings. The smallest absolute Gasteiger partial charge is 0.341 e. The van der Waals surface area contributed by atoms with E-state index in [0.717, 1.165) is 16.2 Å². The van der Waals surface area contributed by atoms with Crippen molar-refractivity contribution in [2.45, 2.75) is 6.92 Å². The van der Waals surface area contributed by atoms with Crippen LogP contribution in [0.25, 0.3) is 11.1 Å². The third-order valence-corrected chi connectivity index (χ3v) is 6.06. The van der Waals surface area contributed by atoms with E-state index in [2.05, 4.69) is 5.32 Å². The van der Waals surface area contributed by atoms with Gasteiger partial charge in [0.05, 0.1) is 18.2 Å². The van der Waals surface area contributed by atoms with Gasteiger partial charge in [-0.3, -0.25) is 19.3 Å². The Morgan fingerprint density at radius 3 is 2.19 bits per heavy atom. The SMILES string of the molecule is COC(=O)c1c(NC(=O)CN2C(=O)c3ccccc3C2=O)sc(C)c1-c1ccc(F)cc1. The second-order valence-electron chi connectivity index (χ2n) is 7.03. The Hall–Kier alpha value is -3.85. The van der Waals surface area contributed by atoms with Crippen LogP contribution < -0.4 is 5.32 Å². The molecule has 0 spiro atoms. The first kappa shape index (κ1) is 21.4. The minimum Gasteiger partial charge on any atom is -0.465 e. The van der Waals surface area contributed by atoms with E-state index in [-0.39, 0.29) is 21.7 Å². The standard InChI is InChI=1S/C23H17FN2O5S/c1-12-18(13-7-9-14(24)10-8-13)19(23(30)31-2)20(32-12)25-17(27)11-26-21(28)15-5-3-4-6-16(15)22(26)29/h3-10H,11H2,1-2H3,(H,25,27). The van der Waals surface area contributed by atoms with Crippen LogP contribution in [-0.4, -0.2) is 42.2 Å². The van der Waals surface area contributed by atoms with E-state index in [1.165, 1.54) is 43.5 Å². The number of carbonyl (C=O) groups excluding carboxylic acids is 4. The number of methoxy groups -OCH3 is 1. The van der Waals surface area contributed by atoms with Crippen LogP contribution in [0.3, 0.4) is 0 Å². The zero-order chi connectivity index (χ0) is 23.0. The minimum atomic E-state index is -0.676. The number of nitrogens with zero attached hydrogens (tertiary/aromatic N) is 1. The Labute approximate surface area is 186 Å². The summed E-state index contributed by atoms with van der Waals surface area (Å²) in [5.41, 5.74) is 1.70. The van der Waals surface area contributed by atoms with Gasteiger partial charge in [-0.15, -0.1) is 11.3 Å². The zero-order valence-corrected chi connectivity index (χ0v) is 17.9. The predicted molar refractivity (Wildman–Crippen MR) is 116 cm³/mol. The molecule has 4 rings (SSSR count). The van der Waals surface area contributed by atoms with E-state index < -0.39 is 36.1 Å². The molecule has 2 aromatic carbocycles. The number of imide groups is 1. The van der Waals surface area contributed by atoms with Crippen LogP contribution in [0, 0.1) is 12.7 Å². The number of esters is 1. The first-order valence-electron chi connectivity index (χ1n) is 9.54. The van der Waals surface area contributed by atoms with Crippen molar-refractivity contribution in [2.24, 2.45) is 0 Å². The van der Waals surface area contributed by atoms with Gasteiger partial charge in [-0.25, -0.2) is 9.18 Å². The number of halogens is 1. The number of ether oxygens (including phenoxy) is 1. The molecule has 0 aliphatic carbocycles. The van der Waals surface area contributed by atoms with Crippen LogP contribution in [-0.2, 0) is 9.53 Å². The van der Waals surface area contributed by atoms with Crippen molar-refractivity contribution in [3.8, 4) is 11.1 Å². The molecule has 1 aromatic heterocycles. The number of thiophene rings is 1. The molecule has 0 atom stereocenters. The summed E-state index contributed by atoms with van der Waals surface area (Å²) in [4.78, 5) is 51.8. The van der Waals surface area contributed by atoms with Crippen molar-refractivity contribution in [1.82, 2.24) is 4.90 Å². The van der Waals surface area contributed by atoms with Gasteiger partial charge in [-0.05, 0) is 36.8 Å². The van der Waals surface area contributed by atoms with Crippen molar-refractivity contribution in [2.75, 3.05) is 19.0 Å². The fourth-order valence-electron chi connectivity index (χ4n) is 3.59. The molecule has 162 valence electrons. The molecular weight excluding hydrogens is 435 g/mol. The largest absolute Gasteiger partial charge is 0.465 e. The number of aryl methyl sites for hydroxylation is 1. The van der Waals surface area contributed by atoms with E-state index >= 15 is 0 Å². The summed E-state index contributed by atoms with van der Waals surface area (Å²) in [6.45, 7) is 1.26. The second-order valence-corrected chi connectivity index (χ2v) is 8.25. The van der Waals surface area contributed by atoms with Crippen LogP contribution in [0.2, 0.25) is 0 Å². The molecule has 0 radical (unpaired) electrons. The summed E-state index contributed by atoms with van der Waals surface area (Å²) >= 11 is 1.14. The van der Waals surface area contributed by atoms with E-state index in [1.54, 1.807) is 19.1 Å². The summed E-state index contributed by atoms with van der Waals surface area (Å²) < 4.78 is 18.2. The fourth-order valence-corrected chi connectivity index (χ4v) is 4.67. The van der Waals surface area contributed by atoms with Gasteiger partial charge in [0.1, 0.15) is 22.9 Å². The maximum absolute atomic E-state index is 13.4. The van der Waals surface area contributed by atoms with Crippen molar-refractivity contribution >= 4 is 40.0 Å². The molecule has 3 amide bonds. The Kier molecular flexibility index (Phi) is 5.58. The number of carbonyl (C=O) groups is 4. The lowest BCUT2D eigenvalue weighted by Crippen LogP contribution is -2.37. The molecular formula is C23H17FN2O5S. The van der Waals surface area contributed by atoms with Gasteiger partial charge in [-0.2, -0.15) is 0 Å². The molecule has 9 heteroatoms. The van der Waals surface area contributed by atoms with Crippen LogP contribution in [0.5, 0.6) is 0 Å². The zero-order valence-electron chi connectivity index (χ0n) is 17.1. The molecule has 0 bridgehead atoms. The maximum atomic E-state index is 13.4. The third kappa shape index (κ3) is 3.67. The summed E-state index contributed by atoms with van der Waals surface area (Å²) in [6, 6.07) is 11.9. The van der Waals surface area contributed by atoms with Crippen molar-refractivity contribution in [3.63, 3.8) is 0 Å². The van der Waals surface area contributed by atoms with Crippen LogP contribution in [0.1, 0.15) is 36.0 Å². The maximum Gasteiger partial charge on any atom is 0.341 e. The Morgan fingerprint density at radius 1 is 1.03 bits per heavy atom. The molecule has 1 aliphatic heterocycles. The van der Waals surface area contributed by atoms with Gasteiger partial charge in [0.2, 0.25) is 5.91 Å². The Balaban J connectivity index is 1.62. The van der Waals surface area contributed by atoms with E-state index in [1.807, 2.05) is 0 Å². The number of rotatable bonds is 5. The van der Waals surface area contributed by atoms with E-state index in [4.69, 9.17) is 4.74 Å². The van der Waals surface area contributed by atoms with Crippen molar-refractivity contribution in [1.29, 1.82) is 0 Å². The van der Waals surface area contributed by atoms with Crippen molar-refractivity contribution < 1.29 is 28.3 Å². The molecule has 32 heavy (non-hydrogen) atoms. The first-order chi connectivity index (χ1) is 15.3. The summed E-state index contributed by atoms with van der Waals surface area (Å²) in [5, 5.41) is 2.84. The average Bonchev–Trinajstić information content (AvgIpc) is 3.23. The lowest BCUT2D eigenvalue weighted by molar-refractivity contribution is -0.116. The molecule has 2 heterocycles. The number of benzene rings is 2. The minimum absolute atomic E-state index is 0.123. The fraction of sp³-hybridized carbons (Fsp3) is 0.130. The summed E-state index contributed by atoms with van der Waals surface area (Å²) in [6.07, 6.45) is 0. The Bertz CT molecular complexity index is 1230. The highest BCUT2D eigenvalue weighted by Gasteiger charge is 2.36. The number of hydrogen-bond donors (Lipinski definition) is 1. The topological polar surface area (TPSA) is 92.8 Å². The number of anilines is 1. The average molecular weight is 452 g/mol. The van der Waals surface area contributed by atoms with Gasteiger partial charge in [0.15, 0.2) is 0 Å². The van der Waals surface area contributed by atoms with Gasteiger partial charge >= 0.3 is 5.97 Å². The monoisotopic (exact) mass is 452 g/mol. The molecule has 0 unspecified atom stereocenters. The van der Waals surface area contributed by atoms with Gasteiger partial charge in [0, 0.05) is 10.4 Å². The molecule has 0 saturated heterocycles. The lowest BCUT2D eigenvalue weighted by Gasteiger charge is -2.14. The highest BCUT2D eigenvalue weighted by atomic mass is 32.1.